The molecule has 0 fully saturated rings. The Labute approximate surface area is 146 Å². The fourth-order valence-electron chi connectivity index (χ4n) is 2.72. The van der Waals surface area contributed by atoms with Gasteiger partial charge in [-0.3, -0.25) is 4.79 Å². The number of carbonyl (C=O) groups excluding carboxylic acids is 1. The standard InChI is InChI=1S/C19H21N3O3/c1-4-5-18(23)22-15-11-21-19-14(15)8-13(10-20-19)12-6-7-16(24-2)17(9-12)25-3/h6-11H,4-5H2,1-3H3,(H,20,21)(H,22,23). The molecule has 6 nitrogen and oxygen atoms in total. The lowest BCUT2D eigenvalue weighted by molar-refractivity contribution is -0.116. The van der Waals surface area contributed by atoms with Crippen LogP contribution in [0.15, 0.2) is 36.7 Å². The number of H-pyrrole nitrogens is 1. The lowest BCUT2D eigenvalue weighted by atomic mass is 10.1. The Bertz CT molecular complexity index is 902. The van der Waals surface area contributed by atoms with Crippen LogP contribution in [-0.4, -0.2) is 30.1 Å². The van der Waals surface area contributed by atoms with Gasteiger partial charge in [0.05, 0.1) is 19.9 Å². The number of benzene rings is 1. The number of hydrogen-bond donors (Lipinski definition) is 2. The van der Waals surface area contributed by atoms with Crippen LogP contribution in [0.1, 0.15) is 19.8 Å². The molecule has 0 radical (unpaired) electrons. The molecule has 0 aliphatic rings. The summed E-state index contributed by atoms with van der Waals surface area (Å²) in [5, 5.41) is 3.80. The van der Waals surface area contributed by atoms with Crippen molar-refractivity contribution in [2.45, 2.75) is 19.8 Å². The second kappa shape index (κ2) is 7.25. The average molecular weight is 339 g/mol. The molecular formula is C19H21N3O3. The molecule has 6 heteroatoms. The first-order chi connectivity index (χ1) is 12.2. The highest BCUT2D eigenvalue weighted by molar-refractivity contribution is 6.01. The number of aromatic amines is 1. The number of methoxy groups -OCH3 is 2. The van der Waals surface area contributed by atoms with E-state index < -0.39 is 0 Å². The number of amides is 1. The van der Waals surface area contributed by atoms with Crippen molar-refractivity contribution in [1.29, 1.82) is 0 Å². The fraction of sp³-hybridized carbons (Fsp3) is 0.263. The van der Waals surface area contributed by atoms with Gasteiger partial charge in [-0.1, -0.05) is 13.0 Å². The van der Waals surface area contributed by atoms with E-state index in [1.807, 2.05) is 31.2 Å². The zero-order valence-corrected chi connectivity index (χ0v) is 14.6. The molecule has 0 saturated heterocycles. The lowest BCUT2D eigenvalue weighted by Crippen LogP contribution is -2.10. The predicted molar refractivity (Wildman–Crippen MR) is 98.2 cm³/mol. The molecule has 25 heavy (non-hydrogen) atoms. The molecule has 0 saturated carbocycles. The van der Waals surface area contributed by atoms with Gasteiger partial charge in [0.25, 0.3) is 0 Å². The molecule has 2 heterocycles. The molecule has 2 aromatic heterocycles. The van der Waals surface area contributed by atoms with Crippen LogP contribution in [0.3, 0.4) is 0 Å². The third-order valence-electron chi connectivity index (χ3n) is 4.00. The second-order valence-electron chi connectivity index (χ2n) is 5.69. The molecule has 0 bridgehead atoms. The highest BCUT2D eigenvalue weighted by Crippen LogP contribution is 2.34. The Morgan fingerprint density at radius 2 is 1.96 bits per heavy atom. The van der Waals surface area contributed by atoms with Gasteiger partial charge < -0.3 is 19.8 Å². The van der Waals surface area contributed by atoms with Crippen molar-refractivity contribution in [3.8, 4) is 22.6 Å². The number of aromatic nitrogens is 2. The molecule has 2 N–H and O–H groups in total. The number of anilines is 1. The van der Waals surface area contributed by atoms with Gasteiger partial charge in [-0.15, -0.1) is 0 Å². The van der Waals surface area contributed by atoms with Crippen molar-refractivity contribution in [2.75, 3.05) is 19.5 Å². The van der Waals surface area contributed by atoms with Gasteiger partial charge in [-0.25, -0.2) is 4.98 Å². The highest BCUT2D eigenvalue weighted by Gasteiger charge is 2.11. The molecule has 0 unspecified atom stereocenters. The van der Waals surface area contributed by atoms with Crippen molar-refractivity contribution in [3.63, 3.8) is 0 Å². The summed E-state index contributed by atoms with van der Waals surface area (Å²) in [6, 6.07) is 7.72. The van der Waals surface area contributed by atoms with Crippen molar-refractivity contribution in [1.82, 2.24) is 9.97 Å². The van der Waals surface area contributed by atoms with E-state index in [-0.39, 0.29) is 5.91 Å². The molecule has 3 rings (SSSR count). The van der Waals surface area contributed by atoms with Gasteiger partial charge in [-0.05, 0) is 30.2 Å². The Balaban J connectivity index is 1.99. The zero-order chi connectivity index (χ0) is 17.8. The maximum atomic E-state index is 11.9. The Hall–Kier alpha value is -3.02. The third-order valence-corrected chi connectivity index (χ3v) is 4.00. The first kappa shape index (κ1) is 16.8. The summed E-state index contributed by atoms with van der Waals surface area (Å²) in [7, 11) is 3.22. The summed E-state index contributed by atoms with van der Waals surface area (Å²) < 4.78 is 10.6. The Kier molecular flexibility index (Phi) is 4.88. The summed E-state index contributed by atoms with van der Waals surface area (Å²) in [4.78, 5) is 19.4. The van der Waals surface area contributed by atoms with Crippen molar-refractivity contribution in [2.24, 2.45) is 0 Å². The number of nitrogens with one attached hydrogen (secondary N) is 2. The van der Waals surface area contributed by atoms with E-state index in [0.29, 0.717) is 17.9 Å². The normalized spacial score (nSPS) is 10.7. The topological polar surface area (TPSA) is 76.2 Å². The van der Waals surface area contributed by atoms with Crippen LogP contribution in [-0.2, 0) is 4.79 Å². The molecule has 0 atom stereocenters. The van der Waals surface area contributed by atoms with Crippen LogP contribution in [0, 0.1) is 0 Å². The number of ether oxygens (including phenoxy) is 2. The first-order valence-corrected chi connectivity index (χ1v) is 8.15. The van der Waals surface area contributed by atoms with E-state index in [2.05, 4.69) is 15.3 Å². The summed E-state index contributed by atoms with van der Waals surface area (Å²) in [5.74, 6) is 1.33. The van der Waals surface area contributed by atoms with E-state index in [1.54, 1.807) is 26.6 Å². The SMILES string of the molecule is CCCC(=O)Nc1c[nH]c2ncc(-c3ccc(OC)c(OC)c3)cc12. The van der Waals surface area contributed by atoms with Crippen LogP contribution in [0.5, 0.6) is 11.5 Å². The fourth-order valence-corrected chi connectivity index (χ4v) is 2.72. The molecule has 0 spiro atoms. The van der Waals surface area contributed by atoms with Crippen LogP contribution < -0.4 is 14.8 Å². The molecule has 0 aliphatic carbocycles. The number of pyridine rings is 1. The van der Waals surface area contributed by atoms with Crippen molar-refractivity contribution < 1.29 is 14.3 Å². The summed E-state index contributed by atoms with van der Waals surface area (Å²) in [5.41, 5.74) is 3.36. The number of carbonyl (C=O) groups is 1. The highest BCUT2D eigenvalue weighted by atomic mass is 16.5. The van der Waals surface area contributed by atoms with Gasteiger partial charge in [0.2, 0.25) is 5.91 Å². The molecule has 1 aromatic carbocycles. The zero-order valence-electron chi connectivity index (χ0n) is 14.6. The maximum Gasteiger partial charge on any atom is 0.224 e. The maximum absolute atomic E-state index is 11.9. The minimum atomic E-state index is -0.0000743. The number of rotatable bonds is 6. The van der Waals surface area contributed by atoms with Crippen molar-refractivity contribution >= 4 is 22.6 Å². The van der Waals surface area contributed by atoms with Crippen LogP contribution in [0.2, 0.25) is 0 Å². The van der Waals surface area contributed by atoms with Gasteiger partial charge >= 0.3 is 0 Å². The Morgan fingerprint density at radius 3 is 2.68 bits per heavy atom. The van der Waals surface area contributed by atoms with Crippen molar-refractivity contribution in [3.05, 3.63) is 36.7 Å². The monoisotopic (exact) mass is 339 g/mol. The average Bonchev–Trinajstić information content (AvgIpc) is 3.03. The van der Waals surface area contributed by atoms with E-state index in [1.165, 1.54) is 0 Å². The van der Waals surface area contributed by atoms with E-state index in [9.17, 15) is 4.79 Å². The summed E-state index contributed by atoms with van der Waals surface area (Å²) >= 11 is 0. The number of fused-ring (bicyclic) bond motifs is 1. The number of nitrogens with zero attached hydrogens (tertiary/aromatic N) is 1. The molecule has 0 aliphatic heterocycles. The smallest absolute Gasteiger partial charge is 0.224 e. The molecular weight excluding hydrogens is 318 g/mol. The predicted octanol–water partition coefficient (Wildman–Crippen LogP) is 3.99. The van der Waals surface area contributed by atoms with Gasteiger partial charge in [0, 0.05) is 29.8 Å². The van der Waals surface area contributed by atoms with E-state index >= 15 is 0 Å². The lowest BCUT2D eigenvalue weighted by Gasteiger charge is -2.10. The van der Waals surface area contributed by atoms with Crippen LogP contribution >= 0.6 is 0 Å². The number of hydrogen-bond acceptors (Lipinski definition) is 4. The van der Waals surface area contributed by atoms with Gasteiger partial charge in [0.15, 0.2) is 11.5 Å². The van der Waals surface area contributed by atoms with Gasteiger partial charge in [-0.2, -0.15) is 0 Å². The minimum Gasteiger partial charge on any atom is -0.493 e. The summed E-state index contributed by atoms with van der Waals surface area (Å²) in [6.07, 6.45) is 4.86. The second-order valence-corrected chi connectivity index (χ2v) is 5.69. The quantitative estimate of drug-likeness (QED) is 0.712. The molecule has 3 aromatic rings. The summed E-state index contributed by atoms with van der Waals surface area (Å²) in [6.45, 7) is 1.98. The Morgan fingerprint density at radius 1 is 1.16 bits per heavy atom. The van der Waals surface area contributed by atoms with E-state index in [4.69, 9.17) is 9.47 Å². The van der Waals surface area contributed by atoms with E-state index in [0.717, 1.165) is 34.3 Å². The molecule has 130 valence electrons. The molecule has 1 amide bonds. The minimum absolute atomic E-state index is 0.0000743. The largest absolute Gasteiger partial charge is 0.493 e. The van der Waals surface area contributed by atoms with Gasteiger partial charge in [0.1, 0.15) is 5.65 Å². The third kappa shape index (κ3) is 3.42. The van der Waals surface area contributed by atoms with Crippen LogP contribution in [0.4, 0.5) is 5.69 Å². The van der Waals surface area contributed by atoms with Crippen LogP contribution in [0.25, 0.3) is 22.2 Å². The first-order valence-electron chi connectivity index (χ1n) is 8.15.